The Bertz CT molecular complexity index is 830. The SMILES string of the molecule is CC(Cl)c1nc2cccnc2n1-c1ccc(F)c(F)c1F. The van der Waals surface area contributed by atoms with Gasteiger partial charge in [0.15, 0.2) is 23.1 Å². The third-order valence-corrected chi connectivity index (χ3v) is 3.25. The Labute approximate surface area is 123 Å². The summed E-state index contributed by atoms with van der Waals surface area (Å²) in [6, 6.07) is 5.33. The monoisotopic (exact) mass is 311 g/mol. The van der Waals surface area contributed by atoms with Gasteiger partial charge in [0.25, 0.3) is 0 Å². The maximum absolute atomic E-state index is 14.1. The quantitative estimate of drug-likeness (QED) is 0.526. The smallest absolute Gasteiger partial charge is 0.196 e. The topological polar surface area (TPSA) is 30.7 Å². The Morgan fingerprint density at radius 1 is 1.14 bits per heavy atom. The van der Waals surface area contributed by atoms with Crippen molar-refractivity contribution in [2.75, 3.05) is 0 Å². The summed E-state index contributed by atoms with van der Waals surface area (Å²) in [5.74, 6) is -3.80. The summed E-state index contributed by atoms with van der Waals surface area (Å²) in [5.41, 5.74) is 0.631. The van der Waals surface area contributed by atoms with Gasteiger partial charge in [0, 0.05) is 6.20 Å². The number of imidazole rings is 1. The molecule has 0 saturated carbocycles. The van der Waals surface area contributed by atoms with Gasteiger partial charge < -0.3 is 0 Å². The molecule has 0 N–H and O–H groups in total. The number of fused-ring (bicyclic) bond motifs is 1. The molecule has 1 unspecified atom stereocenters. The number of aromatic nitrogens is 3. The van der Waals surface area contributed by atoms with E-state index in [0.717, 1.165) is 12.1 Å². The van der Waals surface area contributed by atoms with E-state index in [9.17, 15) is 13.2 Å². The second-order valence-electron chi connectivity index (χ2n) is 4.46. The first kappa shape index (κ1) is 13.9. The maximum Gasteiger partial charge on any atom is 0.196 e. The molecule has 0 fully saturated rings. The van der Waals surface area contributed by atoms with Gasteiger partial charge in [-0.25, -0.2) is 23.1 Å². The molecular weight excluding hydrogens is 303 g/mol. The number of hydrogen-bond donors (Lipinski definition) is 0. The molecule has 0 bridgehead atoms. The number of nitrogens with zero attached hydrogens (tertiary/aromatic N) is 3. The fourth-order valence-corrected chi connectivity index (χ4v) is 2.27. The van der Waals surface area contributed by atoms with Gasteiger partial charge in [-0.05, 0) is 31.2 Å². The van der Waals surface area contributed by atoms with Crippen LogP contribution in [0.4, 0.5) is 13.2 Å². The summed E-state index contributed by atoms with van der Waals surface area (Å²) in [4.78, 5) is 8.38. The van der Waals surface area contributed by atoms with Crippen LogP contribution in [-0.4, -0.2) is 14.5 Å². The molecule has 21 heavy (non-hydrogen) atoms. The van der Waals surface area contributed by atoms with Gasteiger partial charge >= 0.3 is 0 Å². The van der Waals surface area contributed by atoms with Gasteiger partial charge in [-0.3, -0.25) is 4.57 Å². The van der Waals surface area contributed by atoms with E-state index in [1.807, 2.05) is 0 Å². The molecule has 0 aliphatic carbocycles. The molecule has 0 aliphatic rings. The minimum atomic E-state index is -1.54. The van der Waals surface area contributed by atoms with E-state index in [1.54, 1.807) is 19.1 Å². The van der Waals surface area contributed by atoms with Crippen LogP contribution in [0.1, 0.15) is 18.1 Å². The highest BCUT2D eigenvalue weighted by Gasteiger charge is 2.22. The molecule has 0 saturated heterocycles. The van der Waals surface area contributed by atoms with Crippen LogP contribution in [0, 0.1) is 17.5 Å². The summed E-state index contributed by atoms with van der Waals surface area (Å²) in [7, 11) is 0. The van der Waals surface area contributed by atoms with E-state index in [4.69, 9.17) is 11.6 Å². The zero-order valence-electron chi connectivity index (χ0n) is 10.8. The van der Waals surface area contributed by atoms with Crippen LogP contribution >= 0.6 is 11.6 Å². The molecule has 0 amide bonds. The van der Waals surface area contributed by atoms with Gasteiger partial charge in [0.1, 0.15) is 11.3 Å². The summed E-state index contributed by atoms with van der Waals surface area (Å²) in [6.45, 7) is 1.65. The fraction of sp³-hybridized carbons (Fsp3) is 0.143. The van der Waals surface area contributed by atoms with E-state index < -0.39 is 22.8 Å². The number of halogens is 4. The molecule has 1 atom stereocenters. The van der Waals surface area contributed by atoms with Crippen molar-refractivity contribution in [3.8, 4) is 5.69 Å². The third-order valence-electron chi connectivity index (χ3n) is 3.05. The first-order chi connectivity index (χ1) is 10.0. The lowest BCUT2D eigenvalue weighted by Gasteiger charge is -2.11. The van der Waals surface area contributed by atoms with Crippen molar-refractivity contribution in [1.29, 1.82) is 0 Å². The number of benzene rings is 1. The zero-order chi connectivity index (χ0) is 15.1. The third kappa shape index (κ3) is 2.15. The highest BCUT2D eigenvalue weighted by Crippen LogP contribution is 2.29. The summed E-state index contributed by atoms with van der Waals surface area (Å²) in [6.07, 6.45) is 1.50. The molecule has 3 nitrogen and oxygen atoms in total. The molecular formula is C14H9ClF3N3. The Morgan fingerprint density at radius 2 is 1.90 bits per heavy atom. The largest absolute Gasteiger partial charge is 0.276 e. The van der Waals surface area contributed by atoms with Crippen molar-refractivity contribution in [2.24, 2.45) is 0 Å². The highest BCUT2D eigenvalue weighted by molar-refractivity contribution is 6.20. The van der Waals surface area contributed by atoms with Gasteiger partial charge in [0.05, 0.1) is 11.1 Å². The predicted octanol–water partition coefficient (Wildman–Crippen LogP) is 4.14. The Hall–Kier alpha value is -2.08. The zero-order valence-corrected chi connectivity index (χ0v) is 11.6. The van der Waals surface area contributed by atoms with Crippen LogP contribution in [0.2, 0.25) is 0 Å². The van der Waals surface area contributed by atoms with E-state index in [0.29, 0.717) is 17.0 Å². The second kappa shape index (κ2) is 5.04. The number of hydrogen-bond acceptors (Lipinski definition) is 2. The Morgan fingerprint density at radius 3 is 2.62 bits per heavy atom. The molecule has 2 aromatic heterocycles. The standard InChI is InChI=1S/C14H9ClF3N3/c1-7(15)13-20-9-3-2-6-19-14(9)21(13)10-5-4-8(16)11(17)12(10)18/h2-7H,1H3. The van der Waals surface area contributed by atoms with E-state index in [2.05, 4.69) is 9.97 Å². The highest BCUT2D eigenvalue weighted by atomic mass is 35.5. The lowest BCUT2D eigenvalue weighted by molar-refractivity contribution is 0.444. The van der Waals surface area contributed by atoms with Crippen LogP contribution < -0.4 is 0 Å². The summed E-state index contributed by atoms with van der Waals surface area (Å²) in [5, 5.41) is -0.563. The minimum Gasteiger partial charge on any atom is -0.276 e. The van der Waals surface area contributed by atoms with Gasteiger partial charge in [-0.15, -0.1) is 11.6 Å². The van der Waals surface area contributed by atoms with Crippen LogP contribution in [-0.2, 0) is 0 Å². The van der Waals surface area contributed by atoms with Crippen molar-refractivity contribution >= 4 is 22.8 Å². The van der Waals surface area contributed by atoms with Crippen LogP contribution in [0.5, 0.6) is 0 Å². The average molecular weight is 312 g/mol. The molecule has 7 heteroatoms. The van der Waals surface area contributed by atoms with Gasteiger partial charge in [0.2, 0.25) is 0 Å². The molecule has 2 heterocycles. The van der Waals surface area contributed by atoms with Crippen molar-refractivity contribution in [1.82, 2.24) is 14.5 Å². The maximum atomic E-state index is 14.1. The summed E-state index contributed by atoms with van der Waals surface area (Å²) < 4.78 is 41.9. The normalized spacial score (nSPS) is 12.8. The van der Waals surface area contributed by atoms with E-state index in [1.165, 1.54) is 10.8 Å². The first-order valence-corrected chi connectivity index (χ1v) is 6.55. The van der Waals surface area contributed by atoms with Crippen LogP contribution in [0.15, 0.2) is 30.5 Å². The molecule has 0 radical (unpaired) electrons. The lowest BCUT2D eigenvalue weighted by atomic mass is 10.2. The second-order valence-corrected chi connectivity index (χ2v) is 5.12. The van der Waals surface area contributed by atoms with Crippen molar-refractivity contribution in [3.05, 3.63) is 53.7 Å². The van der Waals surface area contributed by atoms with Crippen molar-refractivity contribution in [2.45, 2.75) is 12.3 Å². The number of alkyl halides is 1. The Kier molecular flexibility index (Phi) is 3.33. The molecule has 3 rings (SSSR count). The van der Waals surface area contributed by atoms with E-state index in [-0.39, 0.29) is 5.69 Å². The molecule has 0 spiro atoms. The van der Waals surface area contributed by atoms with Crippen LogP contribution in [0.25, 0.3) is 16.9 Å². The predicted molar refractivity (Wildman–Crippen MR) is 73.0 cm³/mol. The number of rotatable bonds is 2. The van der Waals surface area contributed by atoms with E-state index >= 15 is 0 Å². The van der Waals surface area contributed by atoms with Crippen molar-refractivity contribution < 1.29 is 13.2 Å². The van der Waals surface area contributed by atoms with Crippen LogP contribution in [0.3, 0.4) is 0 Å². The lowest BCUT2D eigenvalue weighted by Crippen LogP contribution is -2.07. The first-order valence-electron chi connectivity index (χ1n) is 6.12. The minimum absolute atomic E-state index is 0.183. The fourth-order valence-electron chi connectivity index (χ4n) is 2.12. The molecule has 1 aromatic carbocycles. The number of pyridine rings is 1. The average Bonchev–Trinajstić information content (AvgIpc) is 2.85. The Balaban J connectivity index is 2.39. The molecule has 108 valence electrons. The van der Waals surface area contributed by atoms with Crippen molar-refractivity contribution in [3.63, 3.8) is 0 Å². The van der Waals surface area contributed by atoms with Gasteiger partial charge in [-0.2, -0.15) is 0 Å². The van der Waals surface area contributed by atoms with Gasteiger partial charge in [-0.1, -0.05) is 0 Å². The molecule has 3 aromatic rings. The summed E-state index contributed by atoms with van der Waals surface area (Å²) >= 11 is 6.05. The molecule has 0 aliphatic heterocycles.